The molecule has 6 nitrogen and oxygen atoms in total. The predicted octanol–water partition coefficient (Wildman–Crippen LogP) is 1.89. The molecule has 1 fully saturated rings. The molecule has 0 spiro atoms. The van der Waals surface area contributed by atoms with Gasteiger partial charge in [0.15, 0.2) is 27.9 Å². The number of nitrogens with zero attached hydrogens (tertiary/aromatic N) is 1. The van der Waals surface area contributed by atoms with E-state index in [0.29, 0.717) is 24.5 Å². The molecule has 1 aromatic rings. The molecule has 1 aliphatic rings. The number of benzene rings is 1. The molecular weight excluding hydrogens is 330 g/mol. The highest BCUT2D eigenvalue weighted by Crippen LogP contribution is 2.28. The highest BCUT2D eigenvalue weighted by molar-refractivity contribution is 7.93. The van der Waals surface area contributed by atoms with Crippen LogP contribution in [0.4, 0.5) is 0 Å². The Morgan fingerprint density at radius 2 is 1.88 bits per heavy atom. The van der Waals surface area contributed by atoms with Crippen LogP contribution >= 0.6 is 0 Å². The Hall–Kier alpha value is -1.76. The predicted molar refractivity (Wildman–Crippen MR) is 92.1 cm³/mol. The van der Waals surface area contributed by atoms with Crippen LogP contribution in [0.1, 0.15) is 27.2 Å². The van der Waals surface area contributed by atoms with Crippen LogP contribution in [0, 0.1) is 0 Å². The van der Waals surface area contributed by atoms with Crippen molar-refractivity contribution in [3.63, 3.8) is 0 Å². The number of amides is 1. The van der Waals surface area contributed by atoms with Gasteiger partial charge in [0.25, 0.3) is 5.91 Å². The Kier molecular flexibility index (Phi) is 5.42. The second kappa shape index (κ2) is 7.01. The molecule has 0 radical (unpaired) electrons. The molecule has 0 aromatic heterocycles. The van der Waals surface area contributed by atoms with Crippen LogP contribution in [0.15, 0.2) is 24.3 Å². The first-order valence-electron chi connectivity index (χ1n) is 7.94. The van der Waals surface area contributed by atoms with Gasteiger partial charge in [-0.3, -0.25) is 4.79 Å². The first kappa shape index (κ1) is 18.6. The first-order valence-corrected chi connectivity index (χ1v) is 9.48. The summed E-state index contributed by atoms with van der Waals surface area (Å²) < 4.78 is 34.9. The normalized spacial score (nSPS) is 18.5. The summed E-state index contributed by atoms with van der Waals surface area (Å²) in [7, 11) is -1.74. The van der Waals surface area contributed by atoms with E-state index < -0.39 is 19.8 Å². The smallest absolute Gasteiger partial charge is 0.260 e. The monoisotopic (exact) mass is 355 g/mol. The maximum atomic E-state index is 12.5. The largest absolute Gasteiger partial charge is 0.493 e. The van der Waals surface area contributed by atoms with Gasteiger partial charge in [-0.1, -0.05) is 12.1 Å². The summed E-state index contributed by atoms with van der Waals surface area (Å²) in [6, 6.07) is 7.09. The Morgan fingerprint density at radius 3 is 2.46 bits per heavy atom. The molecule has 0 unspecified atom stereocenters. The molecule has 2 rings (SSSR count). The summed E-state index contributed by atoms with van der Waals surface area (Å²) in [4.78, 5) is 13.9. The zero-order valence-corrected chi connectivity index (χ0v) is 15.4. The molecule has 1 atom stereocenters. The Labute approximate surface area is 143 Å². The Bertz CT molecular complexity index is 693. The lowest BCUT2D eigenvalue weighted by atomic mass is 10.3. The van der Waals surface area contributed by atoms with Crippen molar-refractivity contribution in [2.75, 3.05) is 26.8 Å². The van der Waals surface area contributed by atoms with E-state index in [4.69, 9.17) is 9.47 Å². The highest BCUT2D eigenvalue weighted by Gasteiger charge is 2.41. The summed E-state index contributed by atoms with van der Waals surface area (Å²) in [5, 5.41) is -0.507. The van der Waals surface area contributed by atoms with Crippen LogP contribution in [-0.2, 0) is 14.6 Å². The number of carbonyl (C=O) groups is 1. The molecular formula is C17H25NO5S. The van der Waals surface area contributed by atoms with Gasteiger partial charge in [-0.25, -0.2) is 8.42 Å². The van der Waals surface area contributed by atoms with Gasteiger partial charge in [0.05, 0.1) is 17.1 Å². The van der Waals surface area contributed by atoms with E-state index in [0.717, 1.165) is 0 Å². The van der Waals surface area contributed by atoms with Crippen molar-refractivity contribution in [1.29, 1.82) is 0 Å². The molecule has 7 heteroatoms. The number of carbonyl (C=O) groups excluding carboxylic acids is 1. The minimum absolute atomic E-state index is 0.136. The first-order chi connectivity index (χ1) is 11.2. The standard InChI is InChI=1S/C17H25NO5S/c1-17(2,3)24(20,21)13-9-10-18(11-13)16(19)12-23-15-8-6-5-7-14(15)22-4/h5-8,13H,9-12H2,1-4H3/t13-/m1/s1. The van der Waals surface area contributed by atoms with E-state index in [1.54, 1.807) is 43.9 Å². The Morgan fingerprint density at radius 1 is 1.25 bits per heavy atom. The topological polar surface area (TPSA) is 72.9 Å². The zero-order chi connectivity index (χ0) is 18.0. The van der Waals surface area contributed by atoms with Crippen LogP contribution in [0.2, 0.25) is 0 Å². The molecule has 1 aromatic carbocycles. The third kappa shape index (κ3) is 3.83. The molecule has 0 N–H and O–H groups in total. The quantitative estimate of drug-likeness (QED) is 0.806. The van der Waals surface area contributed by atoms with Crippen LogP contribution in [0.3, 0.4) is 0 Å². The van der Waals surface area contributed by atoms with Gasteiger partial charge >= 0.3 is 0 Å². The van der Waals surface area contributed by atoms with Gasteiger partial charge in [-0.05, 0) is 39.3 Å². The summed E-state index contributed by atoms with van der Waals surface area (Å²) >= 11 is 0. The number of ether oxygens (including phenoxy) is 2. The zero-order valence-electron chi connectivity index (χ0n) is 14.6. The number of likely N-dealkylation sites (tertiary alicyclic amines) is 1. The van der Waals surface area contributed by atoms with Crippen LogP contribution < -0.4 is 9.47 Å². The third-order valence-electron chi connectivity index (χ3n) is 4.21. The molecule has 0 saturated carbocycles. The second-order valence-electron chi connectivity index (χ2n) is 6.85. The summed E-state index contributed by atoms with van der Waals surface area (Å²) in [5.74, 6) is 0.832. The molecule has 24 heavy (non-hydrogen) atoms. The highest BCUT2D eigenvalue weighted by atomic mass is 32.2. The van der Waals surface area contributed by atoms with E-state index >= 15 is 0 Å². The van der Waals surface area contributed by atoms with Crippen molar-refractivity contribution in [3.8, 4) is 11.5 Å². The van der Waals surface area contributed by atoms with Crippen molar-refractivity contribution < 1.29 is 22.7 Å². The van der Waals surface area contributed by atoms with Gasteiger partial charge in [-0.15, -0.1) is 0 Å². The van der Waals surface area contributed by atoms with E-state index in [9.17, 15) is 13.2 Å². The summed E-state index contributed by atoms with van der Waals surface area (Å²) in [6.07, 6.45) is 0.472. The molecule has 1 aliphatic heterocycles. The van der Waals surface area contributed by atoms with E-state index in [2.05, 4.69) is 0 Å². The fourth-order valence-electron chi connectivity index (χ4n) is 2.68. The van der Waals surface area contributed by atoms with Crippen molar-refractivity contribution in [2.24, 2.45) is 0 Å². The average molecular weight is 355 g/mol. The van der Waals surface area contributed by atoms with E-state index in [1.807, 2.05) is 6.07 Å². The van der Waals surface area contributed by atoms with Gasteiger partial charge in [-0.2, -0.15) is 0 Å². The maximum Gasteiger partial charge on any atom is 0.260 e. The van der Waals surface area contributed by atoms with Crippen molar-refractivity contribution in [1.82, 2.24) is 4.90 Å². The summed E-state index contributed by atoms with van der Waals surface area (Å²) in [5.41, 5.74) is 0. The lowest BCUT2D eigenvalue weighted by molar-refractivity contribution is -0.132. The number of methoxy groups -OCH3 is 1. The lowest BCUT2D eigenvalue weighted by Crippen LogP contribution is -2.40. The lowest BCUT2D eigenvalue weighted by Gasteiger charge is -2.24. The fraction of sp³-hybridized carbons (Fsp3) is 0.588. The number of hydrogen-bond donors (Lipinski definition) is 0. The van der Waals surface area contributed by atoms with Gasteiger partial charge in [0.2, 0.25) is 0 Å². The Balaban J connectivity index is 1.96. The van der Waals surface area contributed by atoms with Crippen molar-refractivity contribution >= 4 is 15.7 Å². The molecule has 0 bridgehead atoms. The van der Waals surface area contributed by atoms with E-state index in [-0.39, 0.29) is 19.1 Å². The van der Waals surface area contributed by atoms with E-state index in [1.165, 1.54) is 7.11 Å². The summed E-state index contributed by atoms with van der Waals surface area (Å²) in [6.45, 7) is 5.61. The molecule has 134 valence electrons. The SMILES string of the molecule is COc1ccccc1OCC(=O)N1CC[C@@H](S(=O)(=O)C(C)(C)C)C1. The second-order valence-corrected chi connectivity index (χ2v) is 9.83. The number of para-hydroxylation sites is 2. The van der Waals surface area contributed by atoms with Gasteiger partial charge in [0, 0.05) is 13.1 Å². The average Bonchev–Trinajstić information content (AvgIpc) is 3.02. The third-order valence-corrected chi connectivity index (χ3v) is 7.18. The van der Waals surface area contributed by atoms with Gasteiger partial charge in [0.1, 0.15) is 0 Å². The minimum atomic E-state index is -3.28. The van der Waals surface area contributed by atoms with Crippen LogP contribution in [0.25, 0.3) is 0 Å². The van der Waals surface area contributed by atoms with Crippen LogP contribution in [0.5, 0.6) is 11.5 Å². The van der Waals surface area contributed by atoms with Crippen LogP contribution in [-0.4, -0.2) is 56.0 Å². The molecule has 1 saturated heterocycles. The number of hydrogen-bond acceptors (Lipinski definition) is 5. The van der Waals surface area contributed by atoms with Gasteiger partial charge < -0.3 is 14.4 Å². The number of sulfone groups is 1. The van der Waals surface area contributed by atoms with Crippen molar-refractivity contribution in [2.45, 2.75) is 37.2 Å². The fourth-order valence-corrected chi connectivity index (χ4v) is 4.47. The molecule has 0 aliphatic carbocycles. The number of rotatable bonds is 5. The van der Waals surface area contributed by atoms with Crippen molar-refractivity contribution in [3.05, 3.63) is 24.3 Å². The molecule has 1 amide bonds. The maximum absolute atomic E-state index is 12.5. The molecule has 1 heterocycles. The minimum Gasteiger partial charge on any atom is -0.493 e.